The van der Waals surface area contributed by atoms with Gasteiger partial charge < -0.3 is 15.2 Å². The summed E-state index contributed by atoms with van der Waals surface area (Å²) in [7, 11) is 1.75. The molecule has 1 atom stereocenters. The number of amides is 1. The highest BCUT2D eigenvalue weighted by Crippen LogP contribution is 2.14. The molecule has 0 radical (unpaired) electrons. The molecule has 1 unspecified atom stereocenters. The number of rotatable bonds is 8. The van der Waals surface area contributed by atoms with Crippen molar-refractivity contribution in [3.8, 4) is 5.75 Å². The lowest BCUT2D eigenvalue weighted by atomic mass is 10.2. The second-order valence-corrected chi connectivity index (χ2v) is 4.75. The molecule has 21 heavy (non-hydrogen) atoms. The van der Waals surface area contributed by atoms with Crippen molar-refractivity contribution in [1.82, 2.24) is 10.2 Å². The zero-order chi connectivity index (χ0) is 15.8. The fraction of sp³-hybridized carbons (Fsp3) is 0.500. The molecule has 0 bridgehead atoms. The lowest BCUT2D eigenvalue weighted by molar-refractivity contribution is -0.122. The summed E-state index contributed by atoms with van der Waals surface area (Å²) in [5, 5.41) is 11.7. The van der Waals surface area contributed by atoms with Crippen LogP contribution >= 0.6 is 0 Å². The Morgan fingerprint density at radius 2 is 2.00 bits per heavy atom. The molecule has 1 rings (SSSR count). The third-order valence-electron chi connectivity index (χ3n) is 3.05. The molecule has 0 spiro atoms. The van der Waals surface area contributed by atoms with E-state index in [4.69, 9.17) is 5.11 Å². The predicted octanol–water partition coefficient (Wildman–Crippen LogP) is 1.22. The number of hydrogen-bond acceptors (Lipinski definition) is 4. The quantitative estimate of drug-likeness (QED) is 0.758. The van der Waals surface area contributed by atoms with Crippen molar-refractivity contribution < 1.29 is 23.4 Å². The number of carbonyl (C=O) groups is 1. The van der Waals surface area contributed by atoms with Gasteiger partial charge in [-0.3, -0.25) is 9.69 Å². The number of alkyl halides is 2. The molecule has 1 amide bonds. The molecule has 1 aromatic rings. The molecule has 5 nitrogen and oxygen atoms in total. The van der Waals surface area contributed by atoms with E-state index in [0.29, 0.717) is 6.54 Å². The fourth-order valence-corrected chi connectivity index (χ4v) is 1.57. The van der Waals surface area contributed by atoms with Crippen molar-refractivity contribution in [2.75, 3.05) is 20.2 Å². The molecule has 118 valence electrons. The number of nitrogens with one attached hydrogen (secondary N) is 1. The molecule has 2 N–H and O–H groups in total. The first-order chi connectivity index (χ1) is 9.92. The number of nitrogens with zero attached hydrogens (tertiary/aromatic N) is 1. The number of aliphatic hydroxyl groups is 1. The van der Waals surface area contributed by atoms with Crippen LogP contribution in [0.3, 0.4) is 0 Å². The van der Waals surface area contributed by atoms with Gasteiger partial charge in [-0.2, -0.15) is 8.78 Å². The van der Waals surface area contributed by atoms with E-state index >= 15 is 0 Å². The fourth-order valence-electron chi connectivity index (χ4n) is 1.57. The molecule has 0 aliphatic carbocycles. The summed E-state index contributed by atoms with van der Waals surface area (Å²) in [6.45, 7) is -0.576. The van der Waals surface area contributed by atoms with Gasteiger partial charge in [-0.15, -0.1) is 0 Å². The number of ether oxygens (including phenoxy) is 1. The largest absolute Gasteiger partial charge is 0.435 e. The number of aliphatic hydroxyl groups excluding tert-OH is 1. The van der Waals surface area contributed by atoms with Gasteiger partial charge in [-0.1, -0.05) is 12.1 Å². The topological polar surface area (TPSA) is 61.8 Å². The standard InChI is InChI=1S/C14H20F2N2O3/c1-10(9-19)18(2)8-13(20)17-7-11-3-5-12(6-4-11)21-14(15)16/h3-6,10,14,19H,7-9H2,1-2H3,(H,17,20). The summed E-state index contributed by atoms with van der Waals surface area (Å²) in [5.41, 5.74) is 0.780. The van der Waals surface area contributed by atoms with E-state index in [1.54, 1.807) is 24.1 Å². The second kappa shape index (κ2) is 8.53. The van der Waals surface area contributed by atoms with E-state index in [1.807, 2.05) is 6.92 Å². The van der Waals surface area contributed by atoms with Gasteiger partial charge in [0.15, 0.2) is 0 Å². The highest BCUT2D eigenvalue weighted by atomic mass is 19.3. The molecule has 0 saturated heterocycles. The third-order valence-corrected chi connectivity index (χ3v) is 3.05. The Morgan fingerprint density at radius 1 is 1.38 bits per heavy atom. The van der Waals surface area contributed by atoms with E-state index < -0.39 is 6.61 Å². The molecule has 0 heterocycles. The van der Waals surface area contributed by atoms with E-state index in [2.05, 4.69) is 10.1 Å². The summed E-state index contributed by atoms with van der Waals surface area (Å²) in [6, 6.07) is 5.97. The number of halogens is 2. The Balaban J connectivity index is 2.39. The van der Waals surface area contributed by atoms with Crippen molar-refractivity contribution in [1.29, 1.82) is 0 Å². The molecule has 0 aromatic heterocycles. The maximum Gasteiger partial charge on any atom is 0.387 e. The minimum absolute atomic E-state index is 0.0185. The van der Waals surface area contributed by atoms with Crippen LogP contribution in [-0.2, 0) is 11.3 Å². The van der Waals surface area contributed by atoms with E-state index in [9.17, 15) is 13.6 Å². The predicted molar refractivity (Wildman–Crippen MR) is 74.1 cm³/mol. The lowest BCUT2D eigenvalue weighted by Gasteiger charge is -2.21. The van der Waals surface area contributed by atoms with Crippen LogP contribution in [0.15, 0.2) is 24.3 Å². The average molecular weight is 302 g/mol. The van der Waals surface area contributed by atoms with Crippen LogP contribution in [0.2, 0.25) is 0 Å². The summed E-state index contributed by atoms with van der Waals surface area (Å²) in [4.78, 5) is 13.4. The highest BCUT2D eigenvalue weighted by molar-refractivity contribution is 5.78. The van der Waals surface area contributed by atoms with E-state index in [0.717, 1.165) is 5.56 Å². The Kier molecular flexibility index (Phi) is 7.04. The van der Waals surface area contributed by atoms with Crippen molar-refractivity contribution in [2.45, 2.75) is 26.1 Å². The lowest BCUT2D eigenvalue weighted by Crippen LogP contribution is -2.40. The molecule has 0 saturated carbocycles. The Labute approximate surface area is 122 Å². The SMILES string of the molecule is CC(CO)N(C)CC(=O)NCc1ccc(OC(F)F)cc1. The van der Waals surface area contributed by atoms with Crippen molar-refractivity contribution in [3.63, 3.8) is 0 Å². The van der Waals surface area contributed by atoms with Gasteiger partial charge in [0.25, 0.3) is 0 Å². The van der Waals surface area contributed by atoms with Crippen molar-refractivity contribution >= 4 is 5.91 Å². The molecular weight excluding hydrogens is 282 g/mol. The van der Waals surface area contributed by atoms with Gasteiger partial charge in [-0.25, -0.2) is 0 Å². The summed E-state index contributed by atoms with van der Waals surface area (Å²) < 4.78 is 28.2. The first-order valence-electron chi connectivity index (χ1n) is 6.54. The Hall–Kier alpha value is -1.73. The molecule has 0 aliphatic heterocycles. The van der Waals surface area contributed by atoms with Crippen LogP contribution in [0.1, 0.15) is 12.5 Å². The zero-order valence-corrected chi connectivity index (χ0v) is 12.1. The van der Waals surface area contributed by atoms with Gasteiger partial charge >= 0.3 is 6.61 Å². The average Bonchev–Trinajstić information content (AvgIpc) is 2.45. The third kappa shape index (κ3) is 6.50. The van der Waals surface area contributed by atoms with Gasteiger partial charge in [0.2, 0.25) is 5.91 Å². The number of carbonyl (C=O) groups excluding carboxylic acids is 1. The summed E-state index contributed by atoms with van der Waals surface area (Å²) in [6.07, 6.45) is 0. The van der Waals surface area contributed by atoms with Crippen LogP contribution in [0.4, 0.5) is 8.78 Å². The Morgan fingerprint density at radius 3 is 2.52 bits per heavy atom. The summed E-state index contributed by atoms with van der Waals surface area (Å²) in [5.74, 6) is -0.0951. The highest BCUT2D eigenvalue weighted by Gasteiger charge is 2.11. The normalized spacial score (nSPS) is 12.5. The van der Waals surface area contributed by atoms with Gasteiger partial charge in [-0.05, 0) is 31.7 Å². The molecular formula is C14H20F2N2O3. The van der Waals surface area contributed by atoms with Crippen LogP contribution in [0, 0.1) is 0 Å². The minimum atomic E-state index is -2.85. The molecule has 1 aromatic carbocycles. The summed E-state index contributed by atoms with van der Waals surface area (Å²) >= 11 is 0. The van der Waals surface area contributed by atoms with E-state index in [-0.39, 0.29) is 30.9 Å². The smallest absolute Gasteiger partial charge is 0.387 e. The van der Waals surface area contributed by atoms with Crippen LogP contribution in [0.5, 0.6) is 5.75 Å². The second-order valence-electron chi connectivity index (χ2n) is 4.75. The zero-order valence-electron chi connectivity index (χ0n) is 12.1. The Bertz CT molecular complexity index is 440. The molecule has 7 heteroatoms. The van der Waals surface area contributed by atoms with Crippen molar-refractivity contribution in [2.24, 2.45) is 0 Å². The van der Waals surface area contributed by atoms with Gasteiger partial charge in [0.1, 0.15) is 5.75 Å². The first kappa shape index (κ1) is 17.3. The molecule has 0 aliphatic rings. The number of likely N-dealkylation sites (N-methyl/N-ethyl adjacent to an activating group) is 1. The van der Waals surface area contributed by atoms with Crippen LogP contribution in [0.25, 0.3) is 0 Å². The number of benzene rings is 1. The molecule has 0 fully saturated rings. The van der Waals surface area contributed by atoms with Crippen LogP contribution in [-0.4, -0.2) is 48.8 Å². The van der Waals surface area contributed by atoms with Gasteiger partial charge in [0.05, 0.1) is 13.2 Å². The van der Waals surface area contributed by atoms with Crippen molar-refractivity contribution in [3.05, 3.63) is 29.8 Å². The first-order valence-corrected chi connectivity index (χ1v) is 6.54. The number of hydrogen-bond donors (Lipinski definition) is 2. The maximum absolute atomic E-state index is 12.0. The maximum atomic E-state index is 12.0. The van der Waals surface area contributed by atoms with E-state index in [1.165, 1.54) is 12.1 Å². The monoisotopic (exact) mass is 302 g/mol. The minimum Gasteiger partial charge on any atom is -0.435 e. The van der Waals surface area contributed by atoms with Gasteiger partial charge in [0, 0.05) is 12.6 Å². The van der Waals surface area contributed by atoms with Crippen LogP contribution < -0.4 is 10.1 Å².